The topological polar surface area (TPSA) is 71.6 Å². The van der Waals surface area contributed by atoms with Crippen molar-refractivity contribution in [3.05, 3.63) is 89.7 Å². The maximum absolute atomic E-state index is 12.1. The first-order chi connectivity index (χ1) is 15.7. The van der Waals surface area contributed by atoms with E-state index in [0.717, 1.165) is 36.8 Å². The van der Waals surface area contributed by atoms with Gasteiger partial charge in [-0.25, -0.2) is 9.59 Å². The van der Waals surface area contributed by atoms with Crippen LogP contribution in [0.1, 0.15) is 36.6 Å². The maximum atomic E-state index is 12.1. The van der Waals surface area contributed by atoms with E-state index in [4.69, 9.17) is 4.74 Å². The van der Waals surface area contributed by atoms with Crippen LogP contribution in [0.15, 0.2) is 77.9 Å². The van der Waals surface area contributed by atoms with Gasteiger partial charge in [0.05, 0.1) is 5.69 Å². The first-order valence-electron chi connectivity index (χ1n) is 10.8. The molecule has 1 heterocycles. The molecule has 0 saturated carbocycles. The summed E-state index contributed by atoms with van der Waals surface area (Å²) in [4.78, 5) is 26.0. The number of anilines is 1. The van der Waals surface area contributed by atoms with E-state index in [0.29, 0.717) is 24.5 Å². The largest absolute Gasteiger partial charge is 0.443 e. The number of hydrogen-bond acceptors (Lipinski definition) is 4. The number of amides is 1. The molecule has 0 fully saturated rings. The van der Waals surface area contributed by atoms with Gasteiger partial charge in [0.25, 0.3) is 0 Å². The minimum atomic E-state index is -0.462. The lowest BCUT2D eigenvalue weighted by Gasteiger charge is -2.08. The minimum absolute atomic E-state index is 0.307. The van der Waals surface area contributed by atoms with Gasteiger partial charge in [-0.15, -0.1) is 0 Å². The van der Waals surface area contributed by atoms with E-state index in [2.05, 4.69) is 27.9 Å². The number of nitrogens with zero attached hydrogens (tertiary/aromatic N) is 2. The Morgan fingerprint density at radius 3 is 2.44 bits per heavy atom. The van der Waals surface area contributed by atoms with Gasteiger partial charge in [-0.05, 0) is 48.2 Å². The number of ether oxygens (including phenoxy) is 1. The van der Waals surface area contributed by atoms with Gasteiger partial charge in [0, 0.05) is 24.2 Å². The smallest absolute Gasteiger partial charge is 0.411 e. The second-order valence-corrected chi connectivity index (χ2v) is 7.49. The van der Waals surface area contributed by atoms with E-state index in [1.165, 1.54) is 11.8 Å². The zero-order valence-electron chi connectivity index (χ0n) is 18.3. The van der Waals surface area contributed by atoms with E-state index >= 15 is 0 Å². The molecule has 0 saturated heterocycles. The number of carbonyl (C=O) groups is 1. The number of rotatable bonds is 10. The highest BCUT2D eigenvalue weighted by Crippen LogP contribution is 2.17. The Kier molecular flexibility index (Phi) is 8.72. The Bertz CT molecular complexity index is 1060. The second-order valence-electron chi connectivity index (χ2n) is 7.49. The second kappa shape index (κ2) is 12.2. The molecular formula is C26H28N3O3+. The SMILES string of the molecule is CCCCc1cccc[n+]1CCOC(=O)Nc1ccc(Cc2ccc(N=C=O)cc2)cc1. The highest BCUT2D eigenvalue weighted by atomic mass is 16.5. The number of aromatic nitrogens is 1. The Hall–Kier alpha value is -3.76. The number of pyridine rings is 1. The standard InChI is InChI=1S/C26H27N3O3/c1-2-3-6-25-7-4-5-16-29(25)17-18-32-26(31)28-24-14-10-22(11-15-24)19-21-8-12-23(13-9-21)27-20-30/h4-5,7-16H,2-3,6,17-19H2,1H3/p+1. The molecule has 6 heteroatoms. The summed E-state index contributed by atoms with van der Waals surface area (Å²) in [6.07, 6.45) is 7.14. The molecule has 0 aliphatic carbocycles. The van der Waals surface area contributed by atoms with Crippen molar-refractivity contribution in [3.63, 3.8) is 0 Å². The minimum Gasteiger partial charge on any atom is -0.443 e. The summed E-state index contributed by atoms with van der Waals surface area (Å²) in [6, 6.07) is 21.2. The van der Waals surface area contributed by atoms with E-state index in [-0.39, 0.29) is 0 Å². The van der Waals surface area contributed by atoms with Crippen molar-refractivity contribution < 1.29 is 18.9 Å². The van der Waals surface area contributed by atoms with Crippen molar-refractivity contribution in [1.82, 2.24) is 0 Å². The van der Waals surface area contributed by atoms with Crippen LogP contribution in [0.4, 0.5) is 16.2 Å². The number of isocyanates is 1. The van der Waals surface area contributed by atoms with E-state index in [9.17, 15) is 9.59 Å². The number of hydrogen-bond donors (Lipinski definition) is 1. The molecule has 164 valence electrons. The summed E-state index contributed by atoms with van der Waals surface area (Å²) < 4.78 is 7.49. The number of benzene rings is 2. The van der Waals surface area contributed by atoms with Crippen molar-refractivity contribution in [1.29, 1.82) is 0 Å². The van der Waals surface area contributed by atoms with Crippen LogP contribution in [0.2, 0.25) is 0 Å². The molecule has 3 aromatic rings. The Morgan fingerprint density at radius 2 is 1.75 bits per heavy atom. The van der Waals surface area contributed by atoms with Crippen LogP contribution in [-0.2, 0) is 28.9 Å². The van der Waals surface area contributed by atoms with E-state index in [1.54, 1.807) is 12.1 Å². The number of carbonyl (C=O) groups excluding carboxylic acids is 2. The summed E-state index contributed by atoms with van der Waals surface area (Å²) >= 11 is 0. The molecule has 32 heavy (non-hydrogen) atoms. The third kappa shape index (κ3) is 7.18. The highest BCUT2D eigenvalue weighted by molar-refractivity contribution is 5.84. The fourth-order valence-electron chi connectivity index (χ4n) is 3.39. The van der Waals surface area contributed by atoms with Crippen LogP contribution >= 0.6 is 0 Å². The molecule has 1 amide bonds. The molecule has 0 radical (unpaired) electrons. The van der Waals surface area contributed by atoms with Gasteiger partial charge >= 0.3 is 6.09 Å². The third-order valence-electron chi connectivity index (χ3n) is 5.11. The zero-order chi connectivity index (χ0) is 22.6. The van der Waals surface area contributed by atoms with Crippen LogP contribution in [0.3, 0.4) is 0 Å². The fourth-order valence-corrected chi connectivity index (χ4v) is 3.39. The zero-order valence-corrected chi connectivity index (χ0v) is 18.3. The van der Waals surface area contributed by atoms with Crippen LogP contribution in [-0.4, -0.2) is 18.8 Å². The molecular weight excluding hydrogens is 402 g/mol. The average Bonchev–Trinajstić information content (AvgIpc) is 2.81. The summed E-state index contributed by atoms with van der Waals surface area (Å²) in [5, 5.41) is 2.77. The molecule has 0 aliphatic rings. The van der Waals surface area contributed by atoms with E-state index in [1.807, 2.05) is 54.7 Å². The lowest BCUT2D eigenvalue weighted by molar-refractivity contribution is -0.705. The molecule has 0 atom stereocenters. The van der Waals surface area contributed by atoms with Gasteiger partial charge in [0.15, 0.2) is 25.0 Å². The van der Waals surface area contributed by atoms with Gasteiger partial charge in [0.1, 0.15) is 0 Å². The first-order valence-corrected chi connectivity index (χ1v) is 10.8. The highest BCUT2D eigenvalue weighted by Gasteiger charge is 2.11. The summed E-state index contributed by atoms with van der Waals surface area (Å²) in [5.41, 5.74) is 4.73. The van der Waals surface area contributed by atoms with Gasteiger partial charge in [-0.2, -0.15) is 9.56 Å². The quantitative estimate of drug-likeness (QED) is 0.276. The van der Waals surface area contributed by atoms with Crippen LogP contribution in [0, 0.1) is 0 Å². The monoisotopic (exact) mass is 430 g/mol. The first kappa shape index (κ1) is 22.9. The molecule has 0 aliphatic heterocycles. The number of nitrogens with one attached hydrogen (secondary N) is 1. The van der Waals surface area contributed by atoms with Crippen molar-refractivity contribution >= 4 is 23.5 Å². The fraction of sp³-hybridized carbons (Fsp3) is 0.269. The summed E-state index contributed by atoms with van der Waals surface area (Å²) in [5.74, 6) is 0. The number of aryl methyl sites for hydroxylation is 1. The van der Waals surface area contributed by atoms with Gasteiger partial charge < -0.3 is 4.74 Å². The lowest BCUT2D eigenvalue weighted by Crippen LogP contribution is -2.40. The van der Waals surface area contributed by atoms with Crippen molar-refractivity contribution in [2.75, 3.05) is 11.9 Å². The van der Waals surface area contributed by atoms with Gasteiger partial charge in [0.2, 0.25) is 6.08 Å². The maximum Gasteiger partial charge on any atom is 0.411 e. The number of unbranched alkanes of at least 4 members (excludes halogenated alkanes) is 1. The Morgan fingerprint density at radius 1 is 1.03 bits per heavy atom. The summed E-state index contributed by atoms with van der Waals surface area (Å²) in [7, 11) is 0. The number of aliphatic imine (C=N–C) groups is 1. The predicted octanol–water partition coefficient (Wildman–Crippen LogP) is 5.12. The van der Waals surface area contributed by atoms with Crippen LogP contribution < -0.4 is 9.88 Å². The molecule has 3 rings (SSSR count). The van der Waals surface area contributed by atoms with Crippen LogP contribution in [0.5, 0.6) is 0 Å². The van der Waals surface area contributed by atoms with Crippen molar-refractivity contribution in [2.45, 2.75) is 39.2 Å². The van der Waals surface area contributed by atoms with E-state index < -0.39 is 6.09 Å². The molecule has 0 bridgehead atoms. The third-order valence-corrected chi connectivity index (χ3v) is 5.11. The Balaban J connectivity index is 1.46. The van der Waals surface area contributed by atoms with Crippen molar-refractivity contribution in [3.8, 4) is 0 Å². The predicted molar refractivity (Wildman–Crippen MR) is 124 cm³/mol. The molecule has 0 unspecified atom stereocenters. The lowest BCUT2D eigenvalue weighted by atomic mass is 10.0. The normalized spacial score (nSPS) is 10.3. The van der Waals surface area contributed by atoms with Crippen molar-refractivity contribution in [2.24, 2.45) is 4.99 Å². The van der Waals surface area contributed by atoms with Gasteiger partial charge in [-0.1, -0.05) is 43.7 Å². The average molecular weight is 431 g/mol. The Labute approximate surface area is 188 Å². The molecule has 1 aromatic heterocycles. The molecule has 1 N–H and O–H groups in total. The molecule has 6 nitrogen and oxygen atoms in total. The van der Waals surface area contributed by atoms with Crippen LogP contribution in [0.25, 0.3) is 0 Å². The molecule has 0 spiro atoms. The molecule has 2 aromatic carbocycles. The van der Waals surface area contributed by atoms with Gasteiger partial charge in [-0.3, -0.25) is 5.32 Å². The summed E-state index contributed by atoms with van der Waals surface area (Å²) in [6.45, 7) is 3.11.